The molecule has 2 atom stereocenters. The molecule has 2 amide bonds. The van der Waals surface area contributed by atoms with E-state index in [-0.39, 0.29) is 29.7 Å². The standard InChI is InChI=1S/C13H26N2O3/c1-8(2)10(16)7-11(17)14-9(3)12(18)15-13(4,5)6/h8-10,16H,7H2,1-6H3,(H,14,17)(H,15,18). The molecule has 0 aromatic heterocycles. The summed E-state index contributed by atoms with van der Waals surface area (Å²) >= 11 is 0. The summed E-state index contributed by atoms with van der Waals surface area (Å²) in [6.45, 7) is 10.9. The van der Waals surface area contributed by atoms with Gasteiger partial charge >= 0.3 is 0 Å². The lowest BCUT2D eigenvalue weighted by Crippen LogP contribution is -2.51. The molecule has 0 aliphatic rings. The van der Waals surface area contributed by atoms with Gasteiger partial charge in [-0.2, -0.15) is 0 Å². The Hall–Kier alpha value is -1.10. The van der Waals surface area contributed by atoms with Crippen LogP contribution in [0.3, 0.4) is 0 Å². The summed E-state index contributed by atoms with van der Waals surface area (Å²) in [5, 5.41) is 14.9. The molecule has 0 saturated heterocycles. The van der Waals surface area contributed by atoms with E-state index < -0.39 is 12.1 Å². The van der Waals surface area contributed by atoms with E-state index in [9.17, 15) is 14.7 Å². The van der Waals surface area contributed by atoms with Gasteiger partial charge in [-0.15, -0.1) is 0 Å². The molecule has 3 N–H and O–H groups in total. The fraction of sp³-hybridized carbons (Fsp3) is 0.846. The second-order valence-electron chi connectivity index (χ2n) is 6.04. The van der Waals surface area contributed by atoms with E-state index in [4.69, 9.17) is 0 Å². The average Bonchev–Trinajstić information content (AvgIpc) is 2.14. The zero-order valence-corrected chi connectivity index (χ0v) is 12.2. The number of nitrogens with one attached hydrogen (secondary N) is 2. The second kappa shape index (κ2) is 6.73. The Morgan fingerprint density at radius 1 is 1.17 bits per heavy atom. The van der Waals surface area contributed by atoms with Crippen LogP contribution in [0.5, 0.6) is 0 Å². The van der Waals surface area contributed by atoms with Gasteiger partial charge in [-0.3, -0.25) is 9.59 Å². The maximum Gasteiger partial charge on any atom is 0.242 e. The van der Waals surface area contributed by atoms with Crippen molar-refractivity contribution in [1.82, 2.24) is 10.6 Å². The van der Waals surface area contributed by atoms with Crippen molar-refractivity contribution < 1.29 is 14.7 Å². The molecule has 0 heterocycles. The molecule has 5 nitrogen and oxygen atoms in total. The van der Waals surface area contributed by atoms with Crippen molar-refractivity contribution >= 4 is 11.8 Å². The quantitative estimate of drug-likeness (QED) is 0.683. The van der Waals surface area contributed by atoms with Crippen molar-refractivity contribution in [3.63, 3.8) is 0 Å². The first-order valence-electron chi connectivity index (χ1n) is 6.32. The molecule has 106 valence electrons. The van der Waals surface area contributed by atoms with Crippen LogP contribution in [0.15, 0.2) is 0 Å². The van der Waals surface area contributed by atoms with Crippen molar-refractivity contribution in [2.75, 3.05) is 0 Å². The van der Waals surface area contributed by atoms with Gasteiger partial charge in [0.15, 0.2) is 0 Å². The monoisotopic (exact) mass is 258 g/mol. The van der Waals surface area contributed by atoms with Gasteiger partial charge < -0.3 is 15.7 Å². The summed E-state index contributed by atoms with van der Waals surface area (Å²) in [6, 6.07) is -0.601. The van der Waals surface area contributed by atoms with E-state index in [2.05, 4.69) is 10.6 Å². The number of hydrogen-bond acceptors (Lipinski definition) is 3. The topological polar surface area (TPSA) is 78.4 Å². The molecule has 18 heavy (non-hydrogen) atoms. The summed E-state index contributed by atoms with van der Waals surface area (Å²) in [5.41, 5.74) is -0.326. The molecular formula is C13H26N2O3. The molecule has 5 heteroatoms. The highest BCUT2D eigenvalue weighted by Gasteiger charge is 2.22. The first kappa shape index (κ1) is 16.9. The van der Waals surface area contributed by atoms with Gasteiger partial charge in [0.2, 0.25) is 11.8 Å². The number of aliphatic hydroxyl groups excluding tert-OH is 1. The van der Waals surface area contributed by atoms with Crippen molar-refractivity contribution in [2.24, 2.45) is 5.92 Å². The molecule has 0 aliphatic carbocycles. The number of amides is 2. The summed E-state index contributed by atoms with van der Waals surface area (Å²) in [7, 11) is 0. The summed E-state index contributed by atoms with van der Waals surface area (Å²) in [6.07, 6.45) is -0.659. The Bertz CT molecular complexity index is 295. The van der Waals surface area contributed by atoms with Gasteiger partial charge in [0, 0.05) is 5.54 Å². The Morgan fingerprint density at radius 2 is 1.67 bits per heavy atom. The van der Waals surface area contributed by atoms with E-state index in [0.29, 0.717) is 0 Å². The van der Waals surface area contributed by atoms with E-state index >= 15 is 0 Å². The van der Waals surface area contributed by atoms with Crippen molar-refractivity contribution in [2.45, 2.75) is 65.6 Å². The van der Waals surface area contributed by atoms with E-state index in [1.807, 2.05) is 34.6 Å². The summed E-state index contributed by atoms with van der Waals surface area (Å²) in [4.78, 5) is 23.3. The van der Waals surface area contributed by atoms with Gasteiger partial charge in [-0.1, -0.05) is 13.8 Å². The molecule has 0 aliphatic heterocycles. The van der Waals surface area contributed by atoms with Crippen LogP contribution in [-0.4, -0.2) is 34.6 Å². The molecule has 2 unspecified atom stereocenters. The predicted octanol–water partition coefficient (Wildman–Crippen LogP) is 0.813. The van der Waals surface area contributed by atoms with Crippen molar-refractivity contribution in [1.29, 1.82) is 0 Å². The van der Waals surface area contributed by atoms with Crippen molar-refractivity contribution in [3.05, 3.63) is 0 Å². The third kappa shape index (κ3) is 7.27. The van der Waals surface area contributed by atoms with E-state index in [1.54, 1.807) is 6.92 Å². The maximum atomic E-state index is 11.7. The lowest BCUT2D eigenvalue weighted by atomic mass is 10.0. The smallest absolute Gasteiger partial charge is 0.242 e. The normalized spacial score (nSPS) is 15.1. The highest BCUT2D eigenvalue weighted by Crippen LogP contribution is 2.05. The first-order chi connectivity index (χ1) is 8.03. The number of carbonyl (C=O) groups is 2. The fourth-order valence-corrected chi connectivity index (χ4v) is 1.27. The molecular weight excluding hydrogens is 232 g/mol. The predicted molar refractivity (Wildman–Crippen MR) is 71.0 cm³/mol. The molecule has 0 aromatic carbocycles. The highest BCUT2D eigenvalue weighted by atomic mass is 16.3. The van der Waals surface area contributed by atoms with Crippen LogP contribution in [0, 0.1) is 5.92 Å². The number of rotatable bonds is 5. The van der Waals surface area contributed by atoms with Gasteiger partial charge in [0.25, 0.3) is 0 Å². The van der Waals surface area contributed by atoms with Crippen LogP contribution < -0.4 is 10.6 Å². The van der Waals surface area contributed by atoms with Gasteiger partial charge in [-0.25, -0.2) is 0 Å². The molecule has 0 fully saturated rings. The SMILES string of the molecule is CC(NC(=O)CC(O)C(C)C)C(=O)NC(C)(C)C. The summed E-state index contributed by atoms with van der Waals surface area (Å²) < 4.78 is 0. The number of carbonyl (C=O) groups excluding carboxylic acids is 2. The van der Waals surface area contributed by atoms with Crippen LogP contribution in [0.1, 0.15) is 48.0 Å². The number of aliphatic hydroxyl groups is 1. The maximum absolute atomic E-state index is 11.7. The zero-order chi connectivity index (χ0) is 14.5. The molecule has 0 spiro atoms. The second-order valence-corrected chi connectivity index (χ2v) is 6.04. The van der Waals surface area contributed by atoms with E-state index in [1.165, 1.54) is 0 Å². The first-order valence-corrected chi connectivity index (χ1v) is 6.32. The largest absolute Gasteiger partial charge is 0.392 e. The van der Waals surface area contributed by atoms with Crippen LogP contribution in [0.4, 0.5) is 0 Å². The highest BCUT2D eigenvalue weighted by molar-refractivity contribution is 5.87. The fourth-order valence-electron chi connectivity index (χ4n) is 1.27. The average molecular weight is 258 g/mol. The molecule has 0 bridgehead atoms. The van der Waals surface area contributed by atoms with Crippen LogP contribution >= 0.6 is 0 Å². The Labute approximate surface area is 109 Å². The van der Waals surface area contributed by atoms with E-state index in [0.717, 1.165) is 0 Å². The molecule has 0 radical (unpaired) electrons. The Balaban J connectivity index is 4.19. The third-order valence-corrected chi connectivity index (χ3v) is 2.43. The minimum atomic E-state index is -0.678. The molecule has 0 saturated carbocycles. The third-order valence-electron chi connectivity index (χ3n) is 2.43. The van der Waals surface area contributed by atoms with Crippen LogP contribution in [0.25, 0.3) is 0 Å². The summed E-state index contributed by atoms with van der Waals surface area (Å²) in [5.74, 6) is -0.517. The van der Waals surface area contributed by atoms with Crippen LogP contribution in [0.2, 0.25) is 0 Å². The number of hydrogen-bond donors (Lipinski definition) is 3. The van der Waals surface area contributed by atoms with Crippen molar-refractivity contribution in [3.8, 4) is 0 Å². The zero-order valence-electron chi connectivity index (χ0n) is 12.2. The minimum absolute atomic E-state index is 0.0187. The van der Waals surface area contributed by atoms with Gasteiger partial charge in [0.1, 0.15) is 6.04 Å². The Kier molecular flexibility index (Phi) is 6.32. The lowest BCUT2D eigenvalue weighted by molar-refractivity contribution is -0.130. The molecule has 0 rings (SSSR count). The van der Waals surface area contributed by atoms with Crippen LogP contribution in [-0.2, 0) is 9.59 Å². The lowest BCUT2D eigenvalue weighted by Gasteiger charge is -2.24. The van der Waals surface area contributed by atoms with Gasteiger partial charge in [0.05, 0.1) is 12.5 Å². The van der Waals surface area contributed by atoms with Gasteiger partial charge in [-0.05, 0) is 33.6 Å². The minimum Gasteiger partial charge on any atom is -0.392 e. The molecule has 0 aromatic rings. The Morgan fingerprint density at radius 3 is 2.06 bits per heavy atom.